The van der Waals surface area contributed by atoms with Crippen molar-refractivity contribution in [2.24, 2.45) is 5.92 Å². The Morgan fingerprint density at radius 3 is 2.47 bits per heavy atom. The molecule has 2 heterocycles. The molecule has 172 valence electrons. The predicted octanol–water partition coefficient (Wildman–Crippen LogP) is 3.27. The second-order valence-corrected chi connectivity index (χ2v) is 9.77. The van der Waals surface area contributed by atoms with E-state index in [1.54, 1.807) is 12.1 Å². The molecule has 1 aliphatic carbocycles. The summed E-state index contributed by atoms with van der Waals surface area (Å²) in [6.07, 6.45) is 7.52. The van der Waals surface area contributed by atoms with Gasteiger partial charge in [0.15, 0.2) is 0 Å². The molecule has 2 fully saturated rings. The first kappa shape index (κ1) is 22.8. The predicted molar refractivity (Wildman–Crippen MR) is 120 cm³/mol. The molecule has 1 aromatic carbocycles. The fourth-order valence-electron chi connectivity index (χ4n) is 4.38. The summed E-state index contributed by atoms with van der Waals surface area (Å²) in [6.45, 7) is 2.75. The second kappa shape index (κ2) is 11.0. The van der Waals surface area contributed by atoms with Crippen LogP contribution in [0.5, 0.6) is 0 Å². The maximum absolute atomic E-state index is 13.0. The van der Waals surface area contributed by atoms with Crippen molar-refractivity contribution in [3.63, 3.8) is 0 Å². The van der Waals surface area contributed by atoms with Gasteiger partial charge < -0.3 is 10.6 Å². The molecule has 2 aromatic rings. The van der Waals surface area contributed by atoms with Gasteiger partial charge in [0.1, 0.15) is 10.8 Å². The number of hydrogen-bond donors (Lipinski definition) is 2. The summed E-state index contributed by atoms with van der Waals surface area (Å²) in [5.41, 5.74) is 0.822. The van der Waals surface area contributed by atoms with E-state index in [9.17, 15) is 14.0 Å². The molecule has 7 nitrogen and oxygen atoms in total. The van der Waals surface area contributed by atoms with Gasteiger partial charge in [-0.15, -0.1) is 10.2 Å². The molecular weight excluding hydrogens is 429 g/mol. The minimum Gasteiger partial charge on any atom is -0.353 e. The van der Waals surface area contributed by atoms with E-state index in [1.165, 1.54) is 42.7 Å². The lowest BCUT2D eigenvalue weighted by molar-refractivity contribution is -0.127. The number of benzene rings is 1. The number of hydrogen-bond acceptors (Lipinski definition) is 6. The summed E-state index contributed by atoms with van der Waals surface area (Å²) in [4.78, 5) is 27.1. The van der Waals surface area contributed by atoms with E-state index in [0.29, 0.717) is 18.1 Å². The standard InChI is InChI=1S/C23H30FN5O2S/c24-18-8-6-16(7-9-18)14-25-22(31)23-28-27-20(32-23)15-29-12-10-19(11-13-29)26-21(30)17-4-2-1-3-5-17/h6-9,17,19H,1-5,10-15H2,(H,25,31)(H,26,30). The first-order chi connectivity index (χ1) is 15.6. The third-order valence-electron chi connectivity index (χ3n) is 6.30. The highest BCUT2D eigenvalue weighted by Gasteiger charge is 2.26. The zero-order valence-electron chi connectivity index (χ0n) is 18.2. The van der Waals surface area contributed by atoms with Crippen LogP contribution in [0, 0.1) is 11.7 Å². The van der Waals surface area contributed by atoms with Gasteiger partial charge in [-0.3, -0.25) is 14.5 Å². The lowest BCUT2D eigenvalue weighted by Crippen LogP contribution is -2.46. The van der Waals surface area contributed by atoms with E-state index in [2.05, 4.69) is 25.7 Å². The lowest BCUT2D eigenvalue weighted by Gasteiger charge is -2.33. The number of aromatic nitrogens is 2. The largest absolute Gasteiger partial charge is 0.353 e. The Labute approximate surface area is 191 Å². The van der Waals surface area contributed by atoms with E-state index in [1.807, 2.05) is 0 Å². The van der Waals surface area contributed by atoms with Crippen LogP contribution in [-0.4, -0.2) is 46.0 Å². The van der Waals surface area contributed by atoms with Crippen LogP contribution in [0.4, 0.5) is 4.39 Å². The number of rotatable bonds is 7. The molecule has 2 N–H and O–H groups in total. The van der Waals surface area contributed by atoms with E-state index in [4.69, 9.17) is 0 Å². The van der Waals surface area contributed by atoms with Crippen LogP contribution in [0.3, 0.4) is 0 Å². The number of halogens is 1. The Morgan fingerprint density at radius 2 is 1.75 bits per heavy atom. The molecule has 0 unspecified atom stereocenters. The van der Waals surface area contributed by atoms with Crippen LogP contribution in [0.15, 0.2) is 24.3 Å². The molecule has 1 aromatic heterocycles. The molecule has 32 heavy (non-hydrogen) atoms. The van der Waals surface area contributed by atoms with Gasteiger partial charge in [0.2, 0.25) is 10.9 Å². The average molecular weight is 460 g/mol. The molecule has 1 aliphatic heterocycles. The Bertz CT molecular complexity index is 905. The van der Waals surface area contributed by atoms with Gasteiger partial charge in [0.05, 0.1) is 6.54 Å². The molecule has 0 spiro atoms. The maximum atomic E-state index is 13.0. The topological polar surface area (TPSA) is 87.2 Å². The molecule has 2 aliphatic rings. The van der Waals surface area contributed by atoms with Crippen molar-refractivity contribution in [1.29, 1.82) is 0 Å². The third kappa shape index (κ3) is 6.32. The molecule has 1 saturated heterocycles. The number of carbonyl (C=O) groups is 2. The molecule has 4 rings (SSSR count). The SMILES string of the molecule is O=C(NCc1ccc(F)cc1)c1nnc(CN2CCC(NC(=O)C3CCCCC3)CC2)s1. The highest BCUT2D eigenvalue weighted by molar-refractivity contribution is 7.13. The van der Waals surface area contributed by atoms with Crippen molar-refractivity contribution < 1.29 is 14.0 Å². The van der Waals surface area contributed by atoms with Gasteiger partial charge in [-0.05, 0) is 43.4 Å². The molecule has 0 atom stereocenters. The van der Waals surface area contributed by atoms with Crippen LogP contribution < -0.4 is 10.6 Å². The van der Waals surface area contributed by atoms with Crippen LogP contribution in [0.25, 0.3) is 0 Å². The monoisotopic (exact) mass is 459 g/mol. The Balaban J connectivity index is 1.19. The Morgan fingerprint density at radius 1 is 1.03 bits per heavy atom. The fraction of sp³-hybridized carbons (Fsp3) is 0.565. The third-order valence-corrected chi connectivity index (χ3v) is 7.20. The van der Waals surface area contributed by atoms with E-state index in [-0.39, 0.29) is 29.6 Å². The highest BCUT2D eigenvalue weighted by Crippen LogP contribution is 2.24. The van der Waals surface area contributed by atoms with Gasteiger partial charge in [-0.25, -0.2) is 4.39 Å². The van der Waals surface area contributed by atoms with E-state index >= 15 is 0 Å². The lowest BCUT2D eigenvalue weighted by atomic mass is 9.88. The van der Waals surface area contributed by atoms with Crippen LogP contribution in [-0.2, 0) is 17.9 Å². The summed E-state index contributed by atoms with van der Waals surface area (Å²) >= 11 is 1.30. The normalized spacial score (nSPS) is 18.4. The number of nitrogens with one attached hydrogen (secondary N) is 2. The number of amides is 2. The fourth-order valence-corrected chi connectivity index (χ4v) is 5.18. The second-order valence-electron chi connectivity index (χ2n) is 8.70. The van der Waals surface area contributed by atoms with Crippen molar-refractivity contribution in [3.8, 4) is 0 Å². The van der Waals surface area contributed by atoms with Crippen molar-refractivity contribution >= 4 is 23.2 Å². The Hall–Kier alpha value is -2.39. The van der Waals surface area contributed by atoms with Crippen LogP contribution in [0.1, 0.15) is 65.3 Å². The molecule has 9 heteroatoms. The smallest absolute Gasteiger partial charge is 0.282 e. The molecule has 1 saturated carbocycles. The van der Waals surface area contributed by atoms with Gasteiger partial charge in [-0.2, -0.15) is 0 Å². The zero-order chi connectivity index (χ0) is 22.3. The summed E-state index contributed by atoms with van der Waals surface area (Å²) in [7, 11) is 0. The first-order valence-electron chi connectivity index (χ1n) is 11.4. The summed E-state index contributed by atoms with van der Waals surface area (Å²) in [5, 5.41) is 15.4. The minimum absolute atomic E-state index is 0.204. The van der Waals surface area contributed by atoms with Crippen molar-refractivity contribution in [1.82, 2.24) is 25.7 Å². The highest BCUT2D eigenvalue weighted by atomic mass is 32.1. The summed E-state index contributed by atoms with van der Waals surface area (Å²) in [5.74, 6) is -0.133. The first-order valence-corrected chi connectivity index (χ1v) is 12.3. The number of nitrogens with zero attached hydrogens (tertiary/aromatic N) is 3. The Kier molecular flexibility index (Phi) is 7.81. The molecule has 0 bridgehead atoms. The quantitative estimate of drug-likeness (QED) is 0.664. The van der Waals surface area contributed by atoms with Gasteiger partial charge in [0, 0.05) is 31.6 Å². The van der Waals surface area contributed by atoms with Gasteiger partial charge in [-0.1, -0.05) is 42.7 Å². The van der Waals surface area contributed by atoms with Crippen molar-refractivity contribution in [2.75, 3.05) is 13.1 Å². The van der Waals surface area contributed by atoms with Gasteiger partial charge >= 0.3 is 0 Å². The maximum Gasteiger partial charge on any atom is 0.282 e. The summed E-state index contributed by atoms with van der Waals surface area (Å²) in [6, 6.07) is 6.28. The minimum atomic E-state index is -0.301. The van der Waals surface area contributed by atoms with Crippen molar-refractivity contribution in [3.05, 3.63) is 45.7 Å². The van der Waals surface area contributed by atoms with Gasteiger partial charge in [0.25, 0.3) is 5.91 Å². The molecule has 2 amide bonds. The summed E-state index contributed by atoms with van der Waals surface area (Å²) < 4.78 is 13.0. The zero-order valence-corrected chi connectivity index (χ0v) is 19.0. The van der Waals surface area contributed by atoms with E-state index in [0.717, 1.165) is 49.3 Å². The molecule has 0 radical (unpaired) electrons. The number of likely N-dealkylation sites (tertiary alicyclic amines) is 1. The average Bonchev–Trinajstić information content (AvgIpc) is 3.29. The number of piperidine rings is 1. The van der Waals surface area contributed by atoms with E-state index < -0.39 is 0 Å². The van der Waals surface area contributed by atoms with Crippen molar-refractivity contribution in [2.45, 2.75) is 64.1 Å². The van der Waals surface area contributed by atoms with Crippen LogP contribution >= 0.6 is 11.3 Å². The number of carbonyl (C=O) groups excluding carboxylic acids is 2. The molecular formula is C23H30FN5O2S. The van der Waals surface area contributed by atoms with Crippen LogP contribution in [0.2, 0.25) is 0 Å².